The van der Waals surface area contributed by atoms with Crippen LogP contribution in [0.2, 0.25) is 0 Å². The van der Waals surface area contributed by atoms with E-state index >= 15 is 0 Å². The lowest BCUT2D eigenvalue weighted by Gasteiger charge is -2.07. The number of anilines is 1. The molecule has 164 valence electrons. The maximum absolute atomic E-state index is 13.1. The van der Waals surface area contributed by atoms with E-state index in [2.05, 4.69) is 15.7 Å². The number of nitrogen functional groups attached to an aromatic ring is 1. The fraction of sp³-hybridized carbons (Fsp3) is 0.182. The zero-order valence-electron chi connectivity index (χ0n) is 16.9. The molecule has 0 saturated carbocycles. The van der Waals surface area contributed by atoms with E-state index in [1.807, 2.05) is 6.07 Å². The molecule has 1 aromatic heterocycles. The van der Waals surface area contributed by atoms with Gasteiger partial charge in [0, 0.05) is 12.1 Å². The van der Waals surface area contributed by atoms with Gasteiger partial charge in [-0.15, -0.1) is 0 Å². The number of nitrogens with one attached hydrogen (secondary N) is 2. The molecule has 0 saturated heterocycles. The van der Waals surface area contributed by atoms with Gasteiger partial charge in [0.2, 0.25) is 5.91 Å². The van der Waals surface area contributed by atoms with Gasteiger partial charge in [0.15, 0.2) is 0 Å². The second kappa shape index (κ2) is 10.2. The minimum atomic E-state index is -0.486. The monoisotopic (exact) mass is 438 g/mol. The minimum Gasteiger partial charge on any atom is -0.382 e. The molecule has 0 bridgehead atoms. The van der Waals surface area contributed by atoms with Crippen LogP contribution in [0.3, 0.4) is 0 Å². The summed E-state index contributed by atoms with van der Waals surface area (Å²) in [5, 5.41) is 18.9. The molecular formula is C22H20F2N6O2. The number of aryl methyl sites for hydroxylation is 1. The van der Waals surface area contributed by atoms with Crippen LogP contribution in [0.5, 0.6) is 0 Å². The third-order valence-corrected chi connectivity index (χ3v) is 4.61. The zero-order valence-corrected chi connectivity index (χ0v) is 16.9. The van der Waals surface area contributed by atoms with E-state index in [0.29, 0.717) is 30.8 Å². The quantitative estimate of drug-likeness (QED) is 0.464. The van der Waals surface area contributed by atoms with Crippen LogP contribution in [-0.2, 0) is 11.2 Å². The molecular weight excluding hydrogens is 418 g/mol. The van der Waals surface area contributed by atoms with Crippen molar-refractivity contribution in [2.24, 2.45) is 0 Å². The molecule has 3 rings (SSSR count). The summed E-state index contributed by atoms with van der Waals surface area (Å²) in [7, 11) is 0. The van der Waals surface area contributed by atoms with Gasteiger partial charge in [-0.2, -0.15) is 10.4 Å². The number of rotatable bonds is 8. The predicted octanol–water partition coefficient (Wildman–Crippen LogP) is 2.08. The number of carbonyl (C=O) groups is 2. The van der Waals surface area contributed by atoms with Crippen molar-refractivity contribution < 1.29 is 18.4 Å². The first-order chi connectivity index (χ1) is 15.4. The molecule has 0 aliphatic carbocycles. The largest absolute Gasteiger partial charge is 0.382 e. The number of carbonyl (C=O) groups excluding carboxylic acids is 2. The first kappa shape index (κ1) is 22.4. The lowest BCUT2D eigenvalue weighted by Crippen LogP contribution is -2.37. The Labute approximate surface area is 182 Å². The second-order valence-electron chi connectivity index (χ2n) is 6.85. The van der Waals surface area contributed by atoms with Gasteiger partial charge in [-0.3, -0.25) is 9.59 Å². The molecule has 10 heteroatoms. The van der Waals surface area contributed by atoms with E-state index in [1.54, 1.807) is 0 Å². The van der Waals surface area contributed by atoms with Crippen LogP contribution in [0.15, 0.2) is 48.5 Å². The van der Waals surface area contributed by atoms with Crippen LogP contribution in [0.1, 0.15) is 28.0 Å². The third-order valence-electron chi connectivity index (χ3n) is 4.61. The molecule has 0 spiro atoms. The summed E-state index contributed by atoms with van der Waals surface area (Å²) in [6.45, 7) is 0.0607. The van der Waals surface area contributed by atoms with Crippen LogP contribution < -0.4 is 16.4 Å². The van der Waals surface area contributed by atoms with Gasteiger partial charge in [0.25, 0.3) is 5.91 Å². The van der Waals surface area contributed by atoms with Crippen molar-refractivity contribution in [3.63, 3.8) is 0 Å². The van der Waals surface area contributed by atoms with E-state index in [1.165, 1.54) is 41.1 Å². The fourth-order valence-corrected chi connectivity index (χ4v) is 2.96. The van der Waals surface area contributed by atoms with Gasteiger partial charge < -0.3 is 16.4 Å². The Hall–Kier alpha value is -4.26. The number of nitrogens with two attached hydrogens (primary N) is 1. The maximum atomic E-state index is 13.1. The highest BCUT2D eigenvalue weighted by Gasteiger charge is 2.16. The van der Waals surface area contributed by atoms with Crippen molar-refractivity contribution >= 4 is 17.6 Å². The maximum Gasteiger partial charge on any atom is 0.251 e. The molecule has 8 nitrogen and oxygen atoms in total. The number of hydrogen-bond donors (Lipinski definition) is 3. The van der Waals surface area contributed by atoms with Crippen molar-refractivity contribution in [3.8, 4) is 11.8 Å². The summed E-state index contributed by atoms with van der Waals surface area (Å²) < 4.78 is 27.4. The molecule has 0 fully saturated rings. The van der Waals surface area contributed by atoms with Crippen LogP contribution in [0.4, 0.5) is 14.6 Å². The molecule has 2 amide bonds. The Kier molecular flexibility index (Phi) is 7.13. The Bertz CT molecular complexity index is 1150. The predicted molar refractivity (Wildman–Crippen MR) is 113 cm³/mol. The molecule has 0 aliphatic rings. The van der Waals surface area contributed by atoms with Gasteiger partial charge >= 0.3 is 0 Å². The number of halogens is 2. The average Bonchev–Trinajstić information content (AvgIpc) is 3.11. The second-order valence-corrected chi connectivity index (χ2v) is 6.85. The summed E-state index contributed by atoms with van der Waals surface area (Å²) >= 11 is 0. The van der Waals surface area contributed by atoms with Crippen LogP contribution in [0.25, 0.3) is 5.69 Å². The zero-order chi connectivity index (χ0) is 23.1. The number of amides is 2. The average molecular weight is 438 g/mol. The SMILES string of the molecule is N#Cc1c(CCCNC(=O)CNC(=O)c2ccc(F)cc2)nn(-c2ccc(F)cc2)c1N. The number of benzene rings is 2. The van der Waals surface area contributed by atoms with Gasteiger partial charge in [-0.05, 0) is 61.4 Å². The number of aromatic nitrogens is 2. The summed E-state index contributed by atoms with van der Waals surface area (Å²) in [4.78, 5) is 23.9. The molecule has 3 aromatic rings. The first-order valence-electron chi connectivity index (χ1n) is 9.73. The minimum absolute atomic E-state index is 0.154. The highest BCUT2D eigenvalue weighted by atomic mass is 19.1. The number of hydrogen-bond acceptors (Lipinski definition) is 5. The van der Waals surface area contributed by atoms with Gasteiger partial charge in [-0.1, -0.05) is 0 Å². The Morgan fingerprint density at radius 3 is 2.28 bits per heavy atom. The Balaban J connectivity index is 1.49. The fourth-order valence-electron chi connectivity index (χ4n) is 2.96. The van der Waals surface area contributed by atoms with Gasteiger partial charge in [0.1, 0.15) is 29.1 Å². The van der Waals surface area contributed by atoms with Crippen LogP contribution in [0, 0.1) is 23.0 Å². The summed E-state index contributed by atoms with van der Waals surface area (Å²) in [6.07, 6.45) is 0.857. The Morgan fingerprint density at radius 1 is 1.03 bits per heavy atom. The smallest absolute Gasteiger partial charge is 0.251 e. The van der Waals surface area contributed by atoms with Crippen molar-refractivity contribution in [3.05, 3.63) is 77.0 Å². The van der Waals surface area contributed by atoms with Crippen LogP contribution in [-0.4, -0.2) is 34.7 Å². The molecule has 2 aromatic carbocycles. The molecule has 0 unspecified atom stereocenters. The molecule has 0 aliphatic heterocycles. The highest BCUT2D eigenvalue weighted by Crippen LogP contribution is 2.21. The van der Waals surface area contributed by atoms with Crippen molar-refractivity contribution in [2.45, 2.75) is 12.8 Å². The number of nitrogens with zero attached hydrogens (tertiary/aromatic N) is 3. The van der Waals surface area contributed by atoms with E-state index < -0.39 is 23.4 Å². The lowest BCUT2D eigenvalue weighted by molar-refractivity contribution is -0.120. The standard InChI is InChI=1S/C22H20F2N6O2/c23-15-5-3-14(4-6-15)22(32)28-13-20(31)27-11-1-2-19-18(12-25)21(26)30(29-19)17-9-7-16(24)8-10-17/h3-10H,1-2,11,13,26H2,(H,27,31)(H,28,32). The van der Waals surface area contributed by atoms with Gasteiger partial charge in [-0.25, -0.2) is 13.5 Å². The van der Waals surface area contributed by atoms with Crippen molar-refractivity contribution in [2.75, 3.05) is 18.8 Å². The molecule has 0 atom stereocenters. The molecule has 32 heavy (non-hydrogen) atoms. The highest BCUT2D eigenvalue weighted by molar-refractivity contribution is 5.96. The van der Waals surface area contributed by atoms with Crippen molar-refractivity contribution in [1.82, 2.24) is 20.4 Å². The van der Waals surface area contributed by atoms with E-state index in [0.717, 1.165) is 12.1 Å². The molecule has 1 heterocycles. The topological polar surface area (TPSA) is 126 Å². The first-order valence-corrected chi connectivity index (χ1v) is 9.73. The molecule has 4 N–H and O–H groups in total. The van der Waals surface area contributed by atoms with E-state index in [4.69, 9.17) is 5.73 Å². The third kappa shape index (κ3) is 5.46. The van der Waals surface area contributed by atoms with E-state index in [-0.39, 0.29) is 23.5 Å². The van der Waals surface area contributed by atoms with Crippen molar-refractivity contribution in [1.29, 1.82) is 5.26 Å². The lowest BCUT2D eigenvalue weighted by atomic mass is 10.1. The van der Waals surface area contributed by atoms with E-state index in [9.17, 15) is 23.6 Å². The normalized spacial score (nSPS) is 10.4. The Morgan fingerprint density at radius 2 is 1.66 bits per heavy atom. The number of nitriles is 1. The van der Waals surface area contributed by atoms with Crippen LogP contribution >= 0.6 is 0 Å². The summed E-state index contributed by atoms with van der Waals surface area (Å²) in [5.41, 5.74) is 7.48. The summed E-state index contributed by atoms with van der Waals surface area (Å²) in [6, 6.07) is 12.5. The summed E-state index contributed by atoms with van der Waals surface area (Å²) in [5.74, 6) is -1.58. The molecule has 0 radical (unpaired) electrons. The van der Waals surface area contributed by atoms with Gasteiger partial charge in [0.05, 0.1) is 17.9 Å².